The van der Waals surface area contributed by atoms with Crippen LogP contribution in [0.25, 0.3) is 55.7 Å². The highest BCUT2D eigenvalue weighted by molar-refractivity contribution is 9.10. The number of benzene rings is 3. The highest BCUT2D eigenvalue weighted by Crippen LogP contribution is 2.32. The number of anilines is 6. The molecule has 556 valence electrons. The van der Waals surface area contributed by atoms with Crippen LogP contribution in [0.3, 0.4) is 0 Å². The zero-order valence-electron chi connectivity index (χ0n) is 62.1. The lowest BCUT2D eigenvalue weighted by molar-refractivity contribution is 0.0492. The number of rotatable bonds is 24. The lowest BCUT2D eigenvalue weighted by atomic mass is 9.91. The molecule has 0 bridgehead atoms. The molecule has 1 amide bonds. The van der Waals surface area contributed by atoms with E-state index in [0.29, 0.717) is 42.0 Å². The molecule has 0 unspecified atom stereocenters. The van der Waals surface area contributed by atoms with Gasteiger partial charge in [0.1, 0.15) is 5.60 Å². The Hall–Kier alpha value is -8.82. The summed E-state index contributed by atoms with van der Waals surface area (Å²) in [6, 6.07) is 32.8. The molecule has 105 heavy (non-hydrogen) atoms. The molecule has 0 spiro atoms. The van der Waals surface area contributed by atoms with Gasteiger partial charge in [-0.25, -0.2) is 19.7 Å². The Morgan fingerprint density at radius 3 is 1.10 bits per heavy atom. The van der Waals surface area contributed by atoms with E-state index in [0.717, 1.165) is 171 Å². The minimum atomic E-state index is -0.498. The summed E-state index contributed by atoms with van der Waals surface area (Å²) in [5, 5.41) is 32.8. The lowest BCUT2D eigenvalue weighted by Crippen LogP contribution is -2.42. The summed E-state index contributed by atoms with van der Waals surface area (Å²) in [5.74, 6) is 4.24. The monoisotopic (exact) mass is 1520 g/mol. The summed E-state index contributed by atoms with van der Waals surface area (Å²) in [5.41, 5.74) is 25.5. The molecule has 14 rings (SSSR count). The van der Waals surface area contributed by atoms with Gasteiger partial charge in [0.05, 0.1) is 19.0 Å². The fourth-order valence-electron chi connectivity index (χ4n) is 13.6. The van der Waals surface area contributed by atoms with E-state index in [9.17, 15) is 4.79 Å². The maximum Gasteiger partial charge on any atom is 0.407 e. The number of thiophene rings is 2. The van der Waals surface area contributed by atoms with Crippen LogP contribution in [0, 0.1) is 0 Å². The van der Waals surface area contributed by atoms with Gasteiger partial charge in [-0.2, -0.15) is 52.6 Å². The average Bonchev–Trinajstić information content (AvgIpc) is 1.67. The van der Waals surface area contributed by atoms with Crippen LogP contribution in [-0.2, 0) is 24.0 Å². The van der Waals surface area contributed by atoms with Crippen LogP contribution in [0.2, 0.25) is 0 Å². The minimum Gasteiger partial charge on any atom is -0.444 e. The van der Waals surface area contributed by atoms with Gasteiger partial charge >= 0.3 is 6.09 Å². The smallest absolute Gasteiger partial charge is 0.407 e. The first-order valence-corrected chi connectivity index (χ1v) is 40.1. The Morgan fingerprint density at radius 1 is 0.467 bits per heavy atom. The first-order valence-electron chi connectivity index (χ1n) is 37.4. The summed E-state index contributed by atoms with van der Waals surface area (Å²) in [6.07, 6.45) is 19.9. The molecule has 26 heteroatoms. The van der Waals surface area contributed by atoms with Crippen LogP contribution in [-0.4, -0.2) is 126 Å². The van der Waals surface area contributed by atoms with Gasteiger partial charge in [0.2, 0.25) is 17.8 Å². The standard InChI is InChI=1S/C31H41N7O2S.C26H33N7S.C22H30BrN7/c1-20(2)38-19-33-26-27(32-16-14-21-6-8-22(9-7-21)23-15-17-41-18-23)36-29(37-28(26)38)34-24-10-12-25(13-11-24)35-30(39)40-31(3,4)5;1-17(2)33-16-29-23-24(31-26(32-25(23)33)30-22-9-7-21(27)8-10-22)28-13-11-18-3-5-19(6-4-18)20-12-14-34-15-20;1-14(2)30-13-26-19-20(25-12-11-15-3-5-16(23)6-4-15)28-22(29-21(19)30)27-18-9-7-17(24)8-10-18/h6-9,15,17-20,24-25H,10-14,16H2,1-5H3,(H,35,39)(H2,32,34,36,37);3-6,12,14-17,21-22H,7-11,13,27H2,1-2H3,(H2,28,30,31,32);3-6,13-14,17-18H,7-12,24H2,1-2H3,(H2,25,27,28,29). The van der Waals surface area contributed by atoms with Crippen molar-refractivity contribution in [3.63, 3.8) is 0 Å². The minimum absolute atomic E-state index is 0.116. The molecule has 3 aliphatic carbocycles. The number of imidazole rings is 3. The van der Waals surface area contributed by atoms with Gasteiger partial charge in [-0.3, -0.25) is 0 Å². The van der Waals surface area contributed by atoms with E-state index in [1.54, 1.807) is 22.7 Å². The third kappa shape index (κ3) is 20.8. The number of halogens is 1. The normalized spacial score (nSPS) is 18.4. The van der Waals surface area contributed by atoms with Gasteiger partial charge < -0.3 is 67.1 Å². The number of nitrogens with zero attached hydrogens (tertiary/aromatic N) is 12. The fourth-order valence-corrected chi connectivity index (χ4v) is 15.2. The molecule has 8 heterocycles. The molecule has 23 nitrogen and oxygen atoms in total. The molecule has 11 N–H and O–H groups in total. The summed E-state index contributed by atoms with van der Waals surface area (Å²) >= 11 is 6.93. The molecule has 0 radical (unpaired) electrons. The SMILES string of the molecule is CC(C)n1cnc2c(NCCc3ccc(-c4ccsc4)cc3)nc(NC3CCC(N)CC3)nc21.CC(C)n1cnc2c(NCCc3ccc(-c4ccsc4)cc3)nc(NC3CCC(NC(=O)OC(C)(C)C)CC3)nc21.CC(C)n1cnc2c(NCCc3ccc(Br)cc3)nc(NC3CCC(N)CC3)nc21. The van der Waals surface area contributed by atoms with Gasteiger partial charge in [-0.1, -0.05) is 76.6 Å². The predicted molar refractivity (Wildman–Crippen MR) is 434 cm³/mol. The molecule has 3 saturated carbocycles. The molecule has 8 aromatic heterocycles. The van der Waals surface area contributed by atoms with Crippen LogP contribution in [0.1, 0.15) is 174 Å². The number of hydrogen-bond donors (Lipinski definition) is 9. The van der Waals surface area contributed by atoms with E-state index in [1.807, 2.05) is 39.8 Å². The quantitative estimate of drug-likeness (QED) is 0.0272. The highest BCUT2D eigenvalue weighted by Gasteiger charge is 2.28. The number of ether oxygens (including phenoxy) is 1. The number of nitrogens with one attached hydrogen (secondary N) is 7. The Morgan fingerprint density at radius 2 is 0.790 bits per heavy atom. The predicted octanol–water partition coefficient (Wildman–Crippen LogP) is 17.0. The van der Waals surface area contributed by atoms with Crippen LogP contribution in [0.4, 0.5) is 40.1 Å². The molecule has 11 aromatic rings. The number of nitrogens with two attached hydrogens (primary N) is 2. The summed E-state index contributed by atoms with van der Waals surface area (Å²) in [6.45, 7) is 20.7. The van der Waals surface area contributed by atoms with Crippen molar-refractivity contribution in [2.75, 3.05) is 51.5 Å². The fraction of sp³-hybridized carbons (Fsp3) is 0.468. The lowest BCUT2D eigenvalue weighted by Gasteiger charge is -2.30. The average molecular weight is 1520 g/mol. The van der Waals surface area contributed by atoms with Gasteiger partial charge in [0, 0.05) is 78.5 Å². The number of carbonyl (C=O) groups excluding carboxylic acids is 1. The van der Waals surface area contributed by atoms with Gasteiger partial charge in [0.25, 0.3) is 0 Å². The molecular formula is C79H104BrN21O2S2. The van der Waals surface area contributed by atoms with Gasteiger partial charge in [-0.05, 0) is 243 Å². The van der Waals surface area contributed by atoms with Crippen LogP contribution >= 0.6 is 38.6 Å². The van der Waals surface area contributed by atoms with Crippen LogP contribution in [0.15, 0.2) is 130 Å². The van der Waals surface area contributed by atoms with E-state index in [1.165, 1.54) is 38.9 Å². The molecule has 3 fully saturated rings. The third-order valence-corrected chi connectivity index (χ3v) is 21.5. The molecule has 0 atom stereocenters. The number of aromatic nitrogens is 12. The van der Waals surface area contributed by atoms with E-state index in [4.69, 9.17) is 46.1 Å². The first-order chi connectivity index (χ1) is 50.7. The van der Waals surface area contributed by atoms with Gasteiger partial charge in [-0.15, -0.1) is 0 Å². The van der Waals surface area contributed by atoms with E-state index in [2.05, 4.69) is 230 Å². The highest BCUT2D eigenvalue weighted by atomic mass is 79.9. The number of amides is 1. The van der Waals surface area contributed by atoms with Crippen molar-refractivity contribution in [3.8, 4) is 22.3 Å². The van der Waals surface area contributed by atoms with Crippen LogP contribution in [0.5, 0.6) is 0 Å². The van der Waals surface area contributed by atoms with Gasteiger partial charge in [0.15, 0.2) is 50.9 Å². The summed E-state index contributed by atoms with van der Waals surface area (Å²) in [4.78, 5) is 55.0. The second-order valence-electron chi connectivity index (χ2n) is 29.9. The largest absolute Gasteiger partial charge is 0.444 e. The van der Waals surface area contributed by atoms with Crippen molar-refractivity contribution in [1.29, 1.82) is 0 Å². The first kappa shape index (κ1) is 75.8. The van der Waals surface area contributed by atoms with Crippen molar-refractivity contribution >= 4 is 113 Å². The number of carbonyl (C=O) groups is 1. The summed E-state index contributed by atoms with van der Waals surface area (Å²) in [7, 11) is 0. The Balaban J connectivity index is 0.000000150. The van der Waals surface area contributed by atoms with Crippen molar-refractivity contribution in [2.45, 2.75) is 219 Å². The number of alkyl carbamates (subject to hydrolysis) is 1. The molecular weight excluding hydrogens is 1420 g/mol. The molecule has 0 saturated heterocycles. The number of hydrogen-bond acceptors (Lipinski definition) is 21. The zero-order valence-corrected chi connectivity index (χ0v) is 65.3. The molecule has 3 aliphatic rings. The second-order valence-corrected chi connectivity index (χ2v) is 32.3. The molecule has 0 aliphatic heterocycles. The van der Waals surface area contributed by atoms with E-state index < -0.39 is 5.60 Å². The zero-order chi connectivity index (χ0) is 73.6. The number of fused-ring (bicyclic) bond motifs is 3. The Bertz CT molecular complexity index is 4530. The van der Waals surface area contributed by atoms with Crippen molar-refractivity contribution < 1.29 is 9.53 Å². The maximum absolute atomic E-state index is 12.2. The van der Waals surface area contributed by atoms with E-state index >= 15 is 0 Å². The van der Waals surface area contributed by atoms with Crippen molar-refractivity contribution in [2.24, 2.45) is 11.5 Å². The Kier molecular flexibility index (Phi) is 25.7. The van der Waals surface area contributed by atoms with Crippen molar-refractivity contribution in [1.82, 2.24) is 63.9 Å². The maximum atomic E-state index is 12.2. The van der Waals surface area contributed by atoms with Crippen molar-refractivity contribution in [3.05, 3.63) is 147 Å². The Labute approximate surface area is 633 Å². The third-order valence-electron chi connectivity index (χ3n) is 19.6. The topological polar surface area (TPSA) is 293 Å². The van der Waals surface area contributed by atoms with E-state index in [-0.39, 0.29) is 36.3 Å². The molecule has 3 aromatic carbocycles. The summed E-state index contributed by atoms with van der Waals surface area (Å²) < 4.78 is 12.8. The second kappa shape index (κ2) is 35.5. The van der Waals surface area contributed by atoms with Crippen LogP contribution < -0.4 is 48.7 Å².